The molecule has 0 aromatic carbocycles. The fourth-order valence-corrected chi connectivity index (χ4v) is 1.37. The number of carbonyl (C=O) groups is 1. The maximum Gasteiger partial charge on any atom is 0.324 e. The highest BCUT2D eigenvalue weighted by molar-refractivity contribution is 5.78. The van der Waals surface area contributed by atoms with Crippen LogP contribution in [0.15, 0.2) is 0 Å². The molecule has 2 atom stereocenters. The van der Waals surface area contributed by atoms with Crippen LogP contribution in [0.1, 0.15) is 6.42 Å². The van der Waals surface area contributed by atoms with Crippen LogP contribution in [0.4, 0.5) is 0 Å². The zero-order chi connectivity index (χ0) is 9.84. The fraction of sp³-hybridized carbons (Fsp3) is 0.889. The summed E-state index contributed by atoms with van der Waals surface area (Å²) in [6.45, 7) is 2.95. The van der Waals surface area contributed by atoms with Crippen LogP contribution in [0.2, 0.25) is 0 Å². The summed E-state index contributed by atoms with van der Waals surface area (Å²) in [5, 5.41) is 0. The van der Waals surface area contributed by atoms with Crippen molar-refractivity contribution < 1.29 is 9.53 Å². The molecule has 1 aliphatic heterocycles. The van der Waals surface area contributed by atoms with Gasteiger partial charge < -0.3 is 9.64 Å². The van der Waals surface area contributed by atoms with E-state index in [2.05, 4.69) is 28.6 Å². The number of ether oxygens (including phenoxy) is 1. The average Bonchev–Trinajstić information content (AvgIpc) is 2.82. The van der Waals surface area contributed by atoms with Gasteiger partial charge in [0, 0.05) is 13.1 Å². The molecular weight excluding hydrogens is 168 g/mol. The van der Waals surface area contributed by atoms with Gasteiger partial charge in [0.25, 0.3) is 0 Å². The molecule has 1 heterocycles. The second-order valence-corrected chi connectivity index (χ2v) is 3.69. The summed E-state index contributed by atoms with van der Waals surface area (Å²) in [5.41, 5.74) is 0. The van der Waals surface area contributed by atoms with Gasteiger partial charge in [-0.2, -0.15) is 0 Å². The van der Waals surface area contributed by atoms with Crippen LogP contribution in [0.5, 0.6) is 0 Å². The Morgan fingerprint density at radius 2 is 2.31 bits per heavy atom. The Morgan fingerprint density at radius 3 is 2.85 bits per heavy atom. The molecule has 0 aromatic rings. The van der Waals surface area contributed by atoms with E-state index < -0.39 is 0 Å². The minimum absolute atomic E-state index is 0.0483. The zero-order valence-electron chi connectivity index (χ0n) is 8.62. The first-order valence-corrected chi connectivity index (χ1v) is 4.61. The molecule has 0 spiro atoms. The predicted octanol–water partition coefficient (Wildman–Crippen LogP) is -0.205. The van der Waals surface area contributed by atoms with Crippen LogP contribution in [0.25, 0.3) is 0 Å². The van der Waals surface area contributed by atoms with Gasteiger partial charge in [-0.1, -0.05) is 0 Å². The Bertz CT molecular complexity index is 182. The summed E-state index contributed by atoms with van der Waals surface area (Å²) in [5.74, 6) is -0.0927. The van der Waals surface area contributed by atoms with Crippen LogP contribution < -0.4 is 0 Å². The van der Waals surface area contributed by atoms with Gasteiger partial charge in [-0.3, -0.25) is 9.69 Å². The smallest absolute Gasteiger partial charge is 0.324 e. The topological polar surface area (TPSA) is 32.6 Å². The highest BCUT2D eigenvalue weighted by Gasteiger charge is 2.40. The summed E-state index contributed by atoms with van der Waals surface area (Å²) >= 11 is 0. The van der Waals surface area contributed by atoms with E-state index in [1.807, 2.05) is 0 Å². The van der Waals surface area contributed by atoms with Crippen molar-refractivity contribution in [3.63, 3.8) is 0 Å². The Morgan fingerprint density at radius 1 is 1.62 bits per heavy atom. The van der Waals surface area contributed by atoms with Gasteiger partial charge in [0.05, 0.1) is 7.11 Å². The van der Waals surface area contributed by atoms with Crippen molar-refractivity contribution in [2.45, 2.75) is 12.5 Å². The Hall–Kier alpha value is -0.610. The van der Waals surface area contributed by atoms with Gasteiger partial charge in [-0.25, -0.2) is 0 Å². The van der Waals surface area contributed by atoms with Crippen molar-refractivity contribution in [1.82, 2.24) is 9.80 Å². The summed E-state index contributed by atoms with van der Waals surface area (Å²) in [7, 11) is 5.55. The SMILES string of the molecule is COC(=O)C1CN1CCCN(C)C. The summed E-state index contributed by atoms with van der Waals surface area (Å²) in [6.07, 6.45) is 1.11. The second-order valence-electron chi connectivity index (χ2n) is 3.69. The normalized spacial score (nSPS) is 26.2. The summed E-state index contributed by atoms with van der Waals surface area (Å²) < 4.78 is 4.64. The molecule has 13 heavy (non-hydrogen) atoms. The second kappa shape index (κ2) is 4.58. The minimum atomic E-state index is -0.0927. The third-order valence-electron chi connectivity index (χ3n) is 2.24. The fourth-order valence-electron chi connectivity index (χ4n) is 1.37. The number of rotatable bonds is 5. The maximum atomic E-state index is 11.0. The molecule has 0 aliphatic carbocycles. The van der Waals surface area contributed by atoms with E-state index in [1.165, 1.54) is 7.11 Å². The summed E-state index contributed by atoms with van der Waals surface area (Å²) in [6, 6.07) is 0.0483. The standard InChI is InChI=1S/C9H18N2O2/c1-10(2)5-4-6-11-7-8(11)9(12)13-3/h8H,4-7H2,1-3H3. The monoisotopic (exact) mass is 186 g/mol. The minimum Gasteiger partial charge on any atom is -0.468 e. The maximum absolute atomic E-state index is 11.0. The van der Waals surface area contributed by atoms with Gasteiger partial charge in [-0.15, -0.1) is 0 Å². The molecule has 1 saturated heterocycles. The third kappa shape index (κ3) is 3.32. The molecule has 0 N–H and O–H groups in total. The van der Waals surface area contributed by atoms with Crippen molar-refractivity contribution in [2.24, 2.45) is 0 Å². The molecule has 2 unspecified atom stereocenters. The van der Waals surface area contributed by atoms with Crippen molar-refractivity contribution in [2.75, 3.05) is 40.8 Å². The lowest BCUT2D eigenvalue weighted by Gasteiger charge is -2.09. The predicted molar refractivity (Wildman–Crippen MR) is 50.5 cm³/mol. The first-order chi connectivity index (χ1) is 6.15. The van der Waals surface area contributed by atoms with Crippen molar-refractivity contribution in [1.29, 1.82) is 0 Å². The molecule has 0 bridgehead atoms. The van der Waals surface area contributed by atoms with E-state index in [1.54, 1.807) is 0 Å². The van der Waals surface area contributed by atoms with E-state index in [0.717, 1.165) is 26.1 Å². The molecule has 0 aromatic heterocycles. The number of carbonyl (C=O) groups excluding carboxylic acids is 1. The number of hydrogen-bond donors (Lipinski definition) is 0. The van der Waals surface area contributed by atoms with E-state index >= 15 is 0 Å². The number of methoxy groups -OCH3 is 1. The lowest BCUT2D eigenvalue weighted by molar-refractivity contribution is -0.140. The Balaban J connectivity index is 2.04. The molecule has 4 heteroatoms. The molecular formula is C9H18N2O2. The number of esters is 1. The molecule has 4 nitrogen and oxygen atoms in total. The highest BCUT2D eigenvalue weighted by Crippen LogP contribution is 2.18. The molecule has 0 radical (unpaired) electrons. The molecule has 1 rings (SSSR count). The van der Waals surface area contributed by atoms with Gasteiger partial charge >= 0.3 is 5.97 Å². The van der Waals surface area contributed by atoms with E-state index in [0.29, 0.717) is 0 Å². The lowest BCUT2D eigenvalue weighted by atomic mass is 10.4. The van der Waals surface area contributed by atoms with Gasteiger partial charge in [0.1, 0.15) is 6.04 Å². The van der Waals surface area contributed by atoms with Crippen LogP contribution in [0, 0.1) is 0 Å². The van der Waals surface area contributed by atoms with Crippen LogP contribution >= 0.6 is 0 Å². The molecule has 1 fully saturated rings. The van der Waals surface area contributed by atoms with Crippen molar-refractivity contribution >= 4 is 5.97 Å². The Kier molecular flexibility index (Phi) is 3.69. The quantitative estimate of drug-likeness (QED) is 0.439. The Labute approximate surface area is 79.4 Å². The van der Waals surface area contributed by atoms with E-state index in [9.17, 15) is 4.79 Å². The van der Waals surface area contributed by atoms with Crippen molar-refractivity contribution in [3.05, 3.63) is 0 Å². The molecule has 0 amide bonds. The van der Waals surface area contributed by atoms with Crippen LogP contribution in [-0.2, 0) is 9.53 Å². The van der Waals surface area contributed by atoms with Crippen molar-refractivity contribution in [3.8, 4) is 0 Å². The van der Waals surface area contributed by atoms with E-state index in [-0.39, 0.29) is 12.0 Å². The first-order valence-electron chi connectivity index (χ1n) is 4.61. The molecule has 76 valence electrons. The van der Waals surface area contributed by atoms with Gasteiger partial charge in [-0.05, 0) is 27.1 Å². The zero-order valence-corrected chi connectivity index (χ0v) is 8.62. The third-order valence-corrected chi connectivity index (χ3v) is 2.24. The van der Waals surface area contributed by atoms with Crippen LogP contribution in [-0.4, -0.2) is 62.7 Å². The summed E-state index contributed by atoms with van der Waals surface area (Å²) in [4.78, 5) is 15.3. The van der Waals surface area contributed by atoms with Crippen LogP contribution in [0.3, 0.4) is 0 Å². The van der Waals surface area contributed by atoms with E-state index in [4.69, 9.17) is 0 Å². The first kappa shape index (κ1) is 10.5. The molecule has 1 aliphatic rings. The van der Waals surface area contributed by atoms with Gasteiger partial charge in [0.15, 0.2) is 0 Å². The largest absolute Gasteiger partial charge is 0.468 e. The highest BCUT2D eigenvalue weighted by atomic mass is 16.5. The molecule has 0 saturated carbocycles. The number of nitrogens with zero attached hydrogens (tertiary/aromatic N) is 2. The average molecular weight is 186 g/mol. The lowest BCUT2D eigenvalue weighted by Crippen LogP contribution is -2.19. The number of hydrogen-bond acceptors (Lipinski definition) is 4. The van der Waals surface area contributed by atoms with Gasteiger partial charge in [0.2, 0.25) is 0 Å².